The molecule has 5 nitrogen and oxygen atoms in total. The topological polar surface area (TPSA) is 86.8 Å². The van der Waals surface area contributed by atoms with E-state index in [-0.39, 0.29) is 25.0 Å². The first-order valence-electron chi connectivity index (χ1n) is 4.92. The van der Waals surface area contributed by atoms with Crippen LogP contribution in [-0.4, -0.2) is 53.4 Å². The molecule has 0 aromatic carbocycles. The van der Waals surface area contributed by atoms with E-state index in [0.717, 1.165) is 19.5 Å². The molecule has 2 unspecified atom stereocenters. The Morgan fingerprint density at radius 1 is 1.50 bits per heavy atom. The third-order valence-electron chi connectivity index (χ3n) is 2.52. The maximum absolute atomic E-state index is 10.5. The van der Waals surface area contributed by atoms with E-state index in [2.05, 4.69) is 0 Å². The SMILES string of the molecule is NC1CC(CC(=O)O)CN(CCO)C1. The van der Waals surface area contributed by atoms with Gasteiger partial charge in [0, 0.05) is 32.1 Å². The van der Waals surface area contributed by atoms with Gasteiger partial charge in [-0.1, -0.05) is 0 Å². The quantitative estimate of drug-likeness (QED) is 0.550. The summed E-state index contributed by atoms with van der Waals surface area (Å²) >= 11 is 0. The molecule has 0 saturated carbocycles. The number of aliphatic carboxylic acids is 1. The highest BCUT2D eigenvalue weighted by molar-refractivity contribution is 5.67. The molecule has 4 N–H and O–H groups in total. The van der Waals surface area contributed by atoms with Crippen LogP contribution < -0.4 is 5.73 Å². The van der Waals surface area contributed by atoms with Crippen molar-refractivity contribution in [3.63, 3.8) is 0 Å². The Labute approximate surface area is 83.5 Å². The maximum Gasteiger partial charge on any atom is 0.303 e. The van der Waals surface area contributed by atoms with Crippen LogP contribution >= 0.6 is 0 Å². The minimum absolute atomic E-state index is 0.0413. The molecule has 1 aliphatic heterocycles. The van der Waals surface area contributed by atoms with Gasteiger partial charge in [-0.05, 0) is 12.3 Å². The first kappa shape index (κ1) is 11.4. The van der Waals surface area contributed by atoms with Crippen molar-refractivity contribution in [2.24, 2.45) is 11.7 Å². The number of aliphatic hydroxyl groups excluding tert-OH is 1. The molecule has 2 atom stereocenters. The summed E-state index contributed by atoms with van der Waals surface area (Å²) in [4.78, 5) is 12.6. The van der Waals surface area contributed by atoms with Crippen molar-refractivity contribution in [2.45, 2.75) is 18.9 Å². The zero-order chi connectivity index (χ0) is 10.6. The van der Waals surface area contributed by atoms with Gasteiger partial charge >= 0.3 is 5.97 Å². The molecule has 0 aliphatic carbocycles. The minimum Gasteiger partial charge on any atom is -0.481 e. The van der Waals surface area contributed by atoms with Crippen LogP contribution in [0.25, 0.3) is 0 Å². The van der Waals surface area contributed by atoms with Gasteiger partial charge in [-0.25, -0.2) is 0 Å². The smallest absolute Gasteiger partial charge is 0.303 e. The van der Waals surface area contributed by atoms with E-state index >= 15 is 0 Å². The van der Waals surface area contributed by atoms with Gasteiger partial charge in [0.25, 0.3) is 0 Å². The van der Waals surface area contributed by atoms with Gasteiger partial charge in [-0.2, -0.15) is 0 Å². The van der Waals surface area contributed by atoms with Crippen LogP contribution in [0.2, 0.25) is 0 Å². The van der Waals surface area contributed by atoms with E-state index < -0.39 is 5.97 Å². The molecule has 82 valence electrons. The Balaban J connectivity index is 2.41. The summed E-state index contributed by atoms with van der Waals surface area (Å²) in [6.45, 7) is 2.19. The van der Waals surface area contributed by atoms with Crippen molar-refractivity contribution in [1.82, 2.24) is 4.90 Å². The maximum atomic E-state index is 10.5. The average Bonchev–Trinajstić information content (AvgIpc) is 2.01. The second-order valence-corrected chi connectivity index (χ2v) is 3.94. The summed E-state index contributed by atoms with van der Waals surface area (Å²) in [6, 6.07) is 0.0413. The summed E-state index contributed by atoms with van der Waals surface area (Å²) in [5, 5.41) is 17.4. The van der Waals surface area contributed by atoms with Gasteiger partial charge in [0.1, 0.15) is 0 Å². The first-order chi connectivity index (χ1) is 6.61. The number of piperidine rings is 1. The number of β-amino-alcohol motifs (C(OH)–C–C–N with tert-alkyl or cyclic N) is 1. The fraction of sp³-hybridized carbons (Fsp3) is 0.889. The van der Waals surface area contributed by atoms with Gasteiger partial charge < -0.3 is 15.9 Å². The Morgan fingerprint density at radius 2 is 2.21 bits per heavy atom. The summed E-state index contributed by atoms with van der Waals surface area (Å²) in [5.74, 6) is -0.643. The number of hydrogen-bond donors (Lipinski definition) is 3. The molecule has 0 aromatic heterocycles. The highest BCUT2D eigenvalue weighted by Gasteiger charge is 2.26. The normalized spacial score (nSPS) is 29.0. The van der Waals surface area contributed by atoms with Crippen LogP contribution in [0, 0.1) is 5.92 Å². The predicted molar refractivity (Wildman–Crippen MR) is 51.9 cm³/mol. The highest BCUT2D eigenvalue weighted by atomic mass is 16.4. The Hall–Kier alpha value is -0.650. The zero-order valence-corrected chi connectivity index (χ0v) is 8.22. The second kappa shape index (κ2) is 5.29. The standard InChI is InChI=1S/C9H18N2O3/c10-8-3-7(4-9(13)14)5-11(6-8)1-2-12/h7-8,12H,1-6,10H2,(H,13,14). The average molecular weight is 202 g/mol. The minimum atomic E-state index is -0.770. The lowest BCUT2D eigenvalue weighted by Crippen LogP contribution is -2.48. The number of likely N-dealkylation sites (tertiary alicyclic amines) is 1. The molecular formula is C9H18N2O3. The molecular weight excluding hydrogens is 184 g/mol. The molecule has 0 bridgehead atoms. The van der Waals surface area contributed by atoms with Crippen LogP contribution in [0.1, 0.15) is 12.8 Å². The van der Waals surface area contributed by atoms with Gasteiger partial charge in [-0.3, -0.25) is 9.69 Å². The number of nitrogens with zero attached hydrogens (tertiary/aromatic N) is 1. The zero-order valence-electron chi connectivity index (χ0n) is 8.22. The molecule has 0 radical (unpaired) electrons. The number of aliphatic hydroxyl groups is 1. The molecule has 5 heteroatoms. The van der Waals surface area contributed by atoms with E-state index in [0.29, 0.717) is 6.54 Å². The molecule has 14 heavy (non-hydrogen) atoms. The summed E-state index contributed by atoms with van der Waals surface area (Å²) in [7, 11) is 0. The van der Waals surface area contributed by atoms with Gasteiger partial charge in [0.2, 0.25) is 0 Å². The highest BCUT2D eigenvalue weighted by Crippen LogP contribution is 2.18. The van der Waals surface area contributed by atoms with E-state index in [4.69, 9.17) is 15.9 Å². The molecule has 0 aromatic rings. The third kappa shape index (κ3) is 3.61. The van der Waals surface area contributed by atoms with Crippen molar-refractivity contribution in [2.75, 3.05) is 26.2 Å². The van der Waals surface area contributed by atoms with Gasteiger partial charge in [0.05, 0.1) is 6.61 Å². The van der Waals surface area contributed by atoms with Crippen LogP contribution in [-0.2, 0) is 4.79 Å². The lowest BCUT2D eigenvalue weighted by atomic mass is 9.92. The van der Waals surface area contributed by atoms with Crippen LogP contribution in [0.15, 0.2) is 0 Å². The van der Waals surface area contributed by atoms with E-state index in [1.807, 2.05) is 4.90 Å². The number of carboxylic acids is 1. The number of nitrogens with two attached hydrogens (primary N) is 1. The largest absolute Gasteiger partial charge is 0.481 e. The number of carboxylic acid groups (broad SMARTS) is 1. The van der Waals surface area contributed by atoms with E-state index in [9.17, 15) is 4.79 Å². The monoisotopic (exact) mass is 202 g/mol. The fourth-order valence-electron chi connectivity index (χ4n) is 2.07. The van der Waals surface area contributed by atoms with Crippen molar-refractivity contribution in [1.29, 1.82) is 0 Å². The van der Waals surface area contributed by atoms with Crippen LogP contribution in [0.3, 0.4) is 0 Å². The molecule has 0 spiro atoms. The molecule has 0 amide bonds. The van der Waals surface area contributed by atoms with Crippen molar-refractivity contribution in [3.05, 3.63) is 0 Å². The van der Waals surface area contributed by atoms with Crippen molar-refractivity contribution in [3.8, 4) is 0 Å². The number of hydrogen-bond acceptors (Lipinski definition) is 4. The van der Waals surface area contributed by atoms with Crippen molar-refractivity contribution >= 4 is 5.97 Å². The molecule has 1 saturated heterocycles. The Kier molecular flexibility index (Phi) is 4.31. The summed E-state index contributed by atoms with van der Waals surface area (Å²) in [5.41, 5.74) is 5.81. The Morgan fingerprint density at radius 3 is 2.79 bits per heavy atom. The van der Waals surface area contributed by atoms with Gasteiger partial charge in [-0.15, -0.1) is 0 Å². The summed E-state index contributed by atoms with van der Waals surface area (Å²) in [6.07, 6.45) is 0.948. The number of carbonyl (C=O) groups is 1. The molecule has 1 heterocycles. The van der Waals surface area contributed by atoms with Crippen LogP contribution in [0.4, 0.5) is 0 Å². The molecule has 1 aliphatic rings. The summed E-state index contributed by atoms with van der Waals surface area (Å²) < 4.78 is 0. The van der Waals surface area contributed by atoms with Gasteiger partial charge in [0.15, 0.2) is 0 Å². The van der Waals surface area contributed by atoms with Crippen LogP contribution in [0.5, 0.6) is 0 Å². The third-order valence-corrected chi connectivity index (χ3v) is 2.52. The van der Waals surface area contributed by atoms with E-state index in [1.165, 1.54) is 0 Å². The second-order valence-electron chi connectivity index (χ2n) is 3.94. The number of rotatable bonds is 4. The predicted octanol–water partition coefficient (Wildman–Crippen LogP) is -0.897. The Bertz CT molecular complexity index is 198. The lowest BCUT2D eigenvalue weighted by Gasteiger charge is -2.35. The lowest BCUT2D eigenvalue weighted by molar-refractivity contribution is -0.138. The first-order valence-corrected chi connectivity index (χ1v) is 4.92. The molecule has 1 fully saturated rings. The van der Waals surface area contributed by atoms with Crippen molar-refractivity contribution < 1.29 is 15.0 Å². The van der Waals surface area contributed by atoms with E-state index in [1.54, 1.807) is 0 Å². The fourth-order valence-corrected chi connectivity index (χ4v) is 2.07. The molecule has 1 rings (SSSR count).